The van der Waals surface area contributed by atoms with Gasteiger partial charge in [-0.3, -0.25) is 0 Å². The summed E-state index contributed by atoms with van der Waals surface area (Å²) in [6.45, 7) is 4.71. The van der Waals surface area contributed by atoms with E-state index in [1.807, 2.05) is 0 Å². The van der Waals surface area contributed by atoms with Gasteiger partial charge in [0.2, 0.25) is 0 Å². The van der Waals surface area contributed by atoms with Crippen molar-refractivity contribution in [3.05, 3.63) is 211 Å². The standard InChI is InChI=1S/C55H39NO/c1-55(2)49-24-12-11-23-44(49)45-29-28-43(35-50(45)55)56(42-22-13-21-38(31-42)36-15-5-3-6-16-36)51-25-14-26-53-54(51)48-34-40-20-10-9-19-39(40)32-46(48)47-33-41(27-30-52(47)57-53)37-17-7-4-8-18-37/h3-35H,1-2H3. The number of rotatable bonds is 5. The van der Waals surface area contributed by atoms with Crippen molar-refractivity contribution in [1.82, 2.24) is 0 Å². The molecule has 1 heterocycles. The molecule has 2 aliphatic rings. The van der Waals surface area contributed by atoms with E-state index in [4.69, 9.17) is 4.74 Å². The molecule has 1 aliphatic carbocycles. The van der Waals surface area contributed by atoms with Gasteiger partial charge in [0.1, 0.15) is 11.5 Å². The van der Waals surface area contributed by atoms with E-state index >= 15 is 0 Å². The summed E-state index contributed by atoms with van der Waals surface area (Å²) >= 11 is 0. The van der Waals surface area contributed by atoms with E-state index in [1.54, 1.807) is 0 Å². The summed E-state index contributed by atoms with van der Waals surface area (Å²) in [6.07, 6.45) is 0. The van der Waals surface area contributed by atoms with Gasteiger partial charge >= 0.3 is 0 Å². The first kappa shape index (κ1) is 33.2. The van der Waals surface area contributed by atoms with Gasteiger partial charge in [-0.15, -0.1) is 0 Å². The lowest BCUT2D eigenvalue weighted by atomic mass is 9.82. The number of fused-ring (bicyclic) bond motifs is 9. The van der Waals surface area contributed by atoms with Gasteiger partial charge in [-0.25, -0.2) is 0 Å². The van der Waals surface area contributed by atoms with Crippen molar-refractivity contribution in [3.8, 4) is 67.1 Å². The van der Waals surface area contributed by atoms with Crippen LogP contribution in [-0.4, -0.2) is 0 Å². The van der Waals surface area contributed by atoms with Gasteiger partial charge in [0.05, 0.1) is 5.69 Å². The Morgan fingerprint density at radius 2 is 0.982 bits per heavy atom. The normalized spacial score (nSPS) is 13.0. The molecule has 0 unspecified atom stereocenters. The highest BCUT2D eigenvalue weighted by Gasteiger charge is 2.36. The molecule has 11 rings (SSSR count). The minimum atomic E-state index is -0.153. The summed E-state index contributed by atoms with van der Waals surface area (Å²) in [5.41, 5.74) is 17.5. The van der Waals surface area contributed by atoms with Crippen LogP contribution >= 0.6 is 0 Å². The molecule has 2 nitrogen and oxygen atoms in total. The van der Waals surface area contributed by atoms with E-state index in [0.717, 1.165) is 61.9 Å². The predicted octanol–water partition coefficient (Wildman–Crippen LogP) is 15.4. The Kier molecular flexibility index (Phi) is 7.55. The average molecular weight is 730 g/mol. The number of anilines is 3. The number of hydrogen-bond acceptors (Lipinski definition) is 2. The zero-order chi connectivity index (χ0) is 38.1. The number of hydrogen-bond donors (Lipinski definition) is 0. The second-order valence-electron chi connectivity index (χ2n) is 15.7. The first-order valence-corrected chi connectivity index (χ1v) is 19.8. The highest BCUT2D eigenvalue weighted by molar-refractivity contribution is 6.05. The van der Waals surface area contributed by atoms with Crippen LogP contribution in [0, 0.1) is 0 Å². The maximum Gasteiger partial charge on any atom is 0.137 e. The van der Waals surface area contributed by atoms with Crippen molar-refractivity contribution in [2.45, 2.75) is 19.3 Å². The molecule has 9 aromatic carbocycles. The van der Waals surface area contributed by atoms with Crippen molar-refractivity contribution in [2.24, 2.45) is 0 Å². The summed E-state index contributed by atoms with van der Waals surface area (Å²) in [5, 5.41) is 2.38. The zero-order valence-electron chi connectivity index (χ0n) is 31.9. The Balaban J connectivity index is 1.18. The van der Waals surface area contributed by atoms with Crippen molar-refractivity contribution < 1.29 is 4.74 Å². The highest BCUT2D eigenvalue weighted by Crippen LogP contribution is 2.55. The topological polar surface area (TPSA) is 12.5 Å². The predicted molar refractivity (Wildman–Crippen MR) is 238 cm³/mol. The van der Waals surface area contributed by atoms with E-state index in [1.165, 1.54) is 44.2 Å². The Morgan fingerprint density at radius 1 is 0.368 bits per heavy atom. The minimum Gasteiger partial charge on any atom is -0.456 e. The molecule has 9 aromatic rings. The van der Waals surface area contributed by atoms with Gasteiger partial charge < -0.3 is 9.64 Å². The molecule has 0 radical (unpaired) electrons. The highest BCUT2D eigenvalue weighted by atomic mass is 16.5. The van der Waals surface area contributed by atoms with Gasteiger partial charge in [0.25, 0.3) is 0 Å². The second-order valence-corrected chi connectivity index (χ2v) is 15.7. The summed E-state index contributed by atoms with van der Waals surface area (Å²) in [5.74, 6) is 1.67. The first-order valence-electron chi connectivity index (χ1n) is 19.8. The van der Waals surface area contributed by atoms with Crippen LogP contribution in [0.1, 0.15) is 25.0 Å². The van der Waals surface area contributed by atoms with Gasteiger partial charge in [0.15, 0.2) is 0 Å². The molecular formula is C55H39NO. The third kappa shape index (κ3) is 5.40. The monoisotopic (exact) mass is 729 g/mol. The van der Waals surface area contributed by atoms with Crippen LogP contribution in [0.5, 0.6) is 11.5 Å². The van der Waals surface area contributed by atoms with E-state index in [-0.39, 0.29) is 5.41 Å². The minimum absolute atomic E-state index is 0.153. The van der Waals surface area contributed by atoms with Crippen LogP contribution in [0.25, 0.3) is 66.4 Å². The Bertz CT molecular complexity index is 3020. The fourth-order valence-electron chi connectivity index (χ4n) is 9.20. The van der Waals surface area contributed by atoms with Crippen LogP contribution in [-0.2, 0) is 5.41 Å². The maximum absolute atomic E-state index is 7.08. The number of nitrogens with zero attached hydrogens (tertiary/aromatic N) is 1. The third-order valence-corrected chi connectivity index (χ3v) is 12.0. The molecule has 0 bridgehead atoms. The molecule has 2 heteroatoms. The van der Waals surface area contributed by atoms with Crippen molar-refractivity contribution in [3.63, 3.8) is 0 Å². The van der Waals surface area contributed by atoms with Crippen molar-refractivity contribution in [2.75, 3.05) is 4.90 Å². The van der Waals surface area contributed by atoms with Gasteiger partial charge in [-0.2, -0.15) is 0 Å². The van der Waals surface area contributed by atoms with Crippen LogP contribution < -0.4 is 9.64 Å². The molecule has 0 N–H and O–H groups in total. The lowest BCUT2D eigenvalue weighted by Crippen LogP contribution is -2.17. The van der Waals surface area contributed by atoms with Gasteiger partial charge in [-0.1, -0.05) is 153 Å². The van der Waals surface area contributed by atoms with Crippen LogP contribution in [0.3, 0.4) is 0 Å². The smallest absolute Gasteiger partial charge is 0.137 e. The van der Waals surface area contributed by atoms with E-state index in [0.29, 0.717) is 0 Å². The molecule has 0 spiro atoms. The molecule has 0 saturated carbocycles. The van der Waals surface area contributed by atoms with Crippen molar-refractivity contribution >= 4 is 27.8 Å². The molecule has 270 valence electrons. The molecule has 0 saturated heterocycles. The molecule has 0 amide bonds. The summed E-state index contributed by atoms with van der Waals surface area (Å²) in [7, 11) is 0. The van der Waals surface area contributed by atoms with Crippen LogP contribution in [0.2, 0.25) is 0 Å². The fourth-order valence-corrected chi connectivity index (χ4v) is 9.20. The number of ether oxygens (including phenoxy) is 1. The quantitative estimate of drug-likeness (QED) is 0.175. The molecule has 0 atom stereocenters. The molecule has 57 heavy (non-hydrogen) atoms. The SMILES string of the molecule is CC1(C)c2ccccc2-c2ccc(N(c3cccc(-c4ccccc4)c3)c3cccc4c3-c3cc5ccccc5cc3-c3cc(-c5ccccc5)ccc3O4)cc21. The largest absolute Gasteiger partial charge is 0.456 e. The maximum atomic E-state index is 7.08. The summed E-state index contributed by atoms with van der Waals surface area (Å²) in [4.78, 5) is 2.44. The summed E-state index contributed by atoms with van der Waals surface area (Å²) < 4.78 is 7.08. The van der Waals surface area contributed by atoms with Gasteiger partial charge in [-0.05, 0) is 127 Å². The van der Waals surface area contributed by atoms with Crippen LogP contribution in [0.15, 0.2) is 200 Å². The zero-order valence-corrected chi connectivity index (χ0v) is 31.9. The Labute approximate surface area is 333 Å². The molecule has 0 fully saturated rings. The lowest BCUT2D eigenvalue weighted by molar-refractivity contribution is 0.488. The first-order chi connectivity index (χ1) is 28.0. The van der Waals surface area contributed by atoms with E-state index in [2.05, 4.69) is 219 Å². The average Bonchev–Trinajstić information content (AvgIpc) is 3.40. The van der Waals surface area contributed by atoms with E-state index in [9.17, 15) is 0 Å². The third-order valence-electron chi connectivity index (χ3n) is 12.0. The Hall–Kier alpha value is -7.16. The molecule has 0 aromatic heterocycles. The summed E-state index contributed by atoms with van der Waals surface area (Å²) in [6, 6.07) is 72.6. The second kappa shape index (κ2) is 13.0. The molecular weight excluding hydrogens is 691 g/mol. The van der Waals surface area contributed by atoms with Gasteiger partial charge in [0, 0.05) is 27.9 Å². The fraction of sp³-hybridized carbons (Fsp3) is 0.0545. The number of benzene rings is 9. The van der Waals surface area contributed by atoms with Crippen molar-refractivity contribution in [1.29, 1.82) is 0 Å². The molecule has 1 aliphatic heterocycles. The Morgan fingerprint density at radius 3 is 1.75 bits per heavy atom. The lowest BCUT2D eigenvalue weighted by Gasteiger charge is -2.30. The van der Waals surface area contributed by atoms with E-state index < -0.39 is 0 Å². The van der Waals surface area contributed by atoms with Crippen LogP contribution in [0.4, 0.5) is 17.1 Å².